The first kappa shape index (κ1) is 11.5. The normalized spacial score (nSPS) is 10.5. The highest BCUT2D eigenvalue weighted by molar-refractivity contribution is 5.95. The lowest BCUT2D eigenvalue weighted by Crippen LogP contribution is -2.14. The van der Waals surface area contributed by atoms with Crippen molar-refractivity contribution in [2.24, 2.45) is 0 Å². The molecule has 0 radical (unpaired) electrons. The average molecular weight is 251 g/mol. The van der Waals surface area contributed by atoms with Gasteiger partial charge in [0, 0.05) is 17.6 Å². The van der Waals surface area contributed by atoms with Crippen LogP contribution in [0.5, 0.6) is 0 Å². The summed E-state index contributed by atoms with van der Waals surface area (Å²) in [4.78, 5) is 11.9. The molecule has 3 aromatic rings. The molecule has 0 fully saturated rings. The highest BCUT2D eigenvalue weighted by Crippen LogP contribution is 2.18. The molecule has 4 nitrogen and oxygen atoms in total. The summed E-state index contributed by atoms with van der Waals surface area (Å²) in [7, 11) is 0. The molecule has 2 N–H and O–H groups in total. The molecule has 19 heavy (non-hydrogen) atoms. The second kappa shape index (κ2) is 4.94. The number of nitrogens with one attached hydrogen (secondary N) is 2. The number of H-pyrrole nitrogens is 1. The quantitative estimate of drug-likeness (QED) is 0.752. The molecule has 0 bridgehead atoms. The second-order valence-corrected chi connectivity index (χ2v) is 4.37. The van der Waals surface area contributed by atoms with Crippen molar-refractivity contribution >= 4 is 22.4 Å². The van der Waals surface area contributed by atoms with Crippen LogP contribution in [0, 0.1) is 0 Å². The fourth-order valence-corrected chi connectivity index (χ4v) is 2.03. The summed E-state index contributed by atoms with van der Waals surface area (Å²) in [5.74, 6) is -0.0560. The maximum Gasteiger partial charge on any atom is 0.230 e. The van der Waals surface area contributed by atoms with Crippen molar-refractivity contribution in [1.82, 2.24) is 10.2 Å². The number of carbonyl (C=O) groups excluding carboxylic acids is 1. The minimum atomic E-state index is -0.0560. The highest BCUT2D eigenvalue weighted by atomic mass is 16.1. The minimum absolute atomic E-state index is 0.0560. The molecule has 4 heteroatoms. The molecule has 0 aliphatic carbocycles. The van der Waals surface area contributed by atoms with Gasteiger partial charge in [0.2, 0.25) is 5.91 Å². The van der Waals surface area contributed by atoms with Gasteiger partial charge < -0.3 is 5.32 Å². The van der Waals surface area contributed by atoms with Crippen LogP contribution in [-0.4, -0.2) is 16.1 Å². The van der Waals surface area contributed by atoms with Crippen molar-refractivity contribution in [2.45, 2.75) is 6.42 Å². The zero-order valence-electron chi connectivity index (χ0n) is 10.3. The summed E-state index contributed by atoms with van der Waals surface area (Å²) in [6.07, 6.45) is 1.94. The fourth-order valence-electron chi connectivity index (χ4n) is 2.03. The van der Waals surface area contributed by atoms with Gasteiger partial charge in [-0.1, -0.05) is 30.3 Å². The van der Waals surface area contributed by atoms with Gasteiger partial charge in [0.15, 0.2) is 0 Å². The molecule has 1 heterocycles. The largest absolute Gasteiger partial charge is 0.326 e. The van der Waals surface area contributed by atoms with Gasteiger partial charge in [0.1, 0.15) is 0 Å². The number of benzene rings is 2. The van der Waals surface area contributed by atoms with Gasteiger partial charge >= 0.3 is 0 Å². The van der Waals surface area contributed by atoms with Crippen LogP contribution >= 0.6 is 0 Å². The first-order chi connectivity index (χ1) is 9.31. The molecule has 1 amide bonds. The molecule has 0 saturated carbocycles. The molecule has 0 spiro atoms. The summed E-state index contributed by atoms with van der Waals surface area (Å²) in [6, 6.07) is 15.7. The van der Waals surface area contributed by atoms with E-state index in [0.717, 1.165) is 22.2 Å². The Morgan fingerprint density at radius 3 is 2.74 bits per heavy atom. The summed E-state index contributed by atoms with van der Waals surface area (Å²) in [5, 5.41) is 11.8. The van der Waals surface area contributed by atoms with E-state index in [1.165, 1.54) is 0 Å². The summed E-state index contributed by atoms with van der Waals surface area (Å²) in [5.41, 5.74) is 1.61. The van der Waals surface area contributed by atoms with Crippen LogP contribution in [0.3, 0.4) is 0 Å². The molecular formula is C15H13N3O. The highest BCUT2D eigenvalue weighted by Gasteiger charge is 2.05. The third-order valence-corrected chi connectivity index (χ3v) is 2.94. The standard InChI is InChI=1S/C15H13N3O/c19-15(10-14-7-8-16-18-14)17-13-6-5-11-3-1-2-4-12(11)9-13/h1-9H,10H2,(H,16,18)(H,17,19). The van der Waals surface area contributed by atoms with E-state index in [1.54, 1.807) is 12.3 Å². The van der Waals surface area contributed by atoms with E-state index in [1.807, 2.05) is 42.5 Å². The number of amides is 1. The Morgan fingerprint density at radius 1 is 1.11 bits per heavy atom. The Morgan fingerprint density at radius 2 is 1.95 bits per heavy atom. The van der Waals surface area contributed by atoms with Crippen molar-refractivity contribution < 1.29 is 4.79 Å². The lowest BCUT2D eigenvalue weighted by Gasteiger charge is -2.05. The van der Waals surface area contributed by atoms with Crippen molar-refractivity contribution in [3.05, 3.63) is 60.4 Å². The lowest BCUT2D eigenvalue weighted by molar-refractivity contribution is -0.115. The third kappa shape index (κ3) is 2.63. The number of nitrogens with zero attached hydrogens (tertiary/aromatic N) is 1. The topological polar surface area (TPSA) is 57.8 Å². The molecule has 94 valence electrons. The number of anilines is 1. The Kier molecular flexibility index (Phi) is 2.98. The predicted molar refractivity (Wildman–Crippen MR) is 74.9 cm³/mol. The van der Waals surface area contributed by atoms with Crippen LogP contribution < -0.4 is 5.32 Å². The smallest absolute Gasteiger partial charge is 0.230 e. The minimum Gasteiger partial charge on any atom is -0.326 e. The lowest BCUT2D eigenvalue weighted by atomic mass is 10.1. The maximum atomic E-state index is 11.9. The first-order valence-corrected chi connectivity index (χ1v) is 6.08. The molecule has 0 aliphatic rings. The van der Waals surface area contributed by atoms with Crippen molar-refractivity contribution in [1.29, 1.82) is 0 Å². The number of aromatic nitrogens is 2. The Bertz CT molecular complexity index is 704. The van der Waals surface area contributed by atoms with E-state index < -0.39 is 0 Å². The summed E-state index contributed by atoms with van der Waals surface area (Å²) < 4.78 is 0. The van der Waals surface area contributed by atoms with E-state index in [9.17, 15) is 4.79 Å². The van der Waals surface area contributed by atoms with E-state index in [-0.39, 0.29) is 5.91 Å². The van der Waals surface area contributed by atoms with E-state index >= 15 is 0 Å². The number of hydrogen-bond acceptors (Lipinski definition) is 2. The van der Waals surface area contributed by atoms with E-state index in [4.69, 9.17) is 0 Å². The molecule has 1 aromatic heterocycles. The van der Waals surface area contributed by atoms with Crippen molar-refractivity contribution in [3.8, 4) is 0 Å². The average Bonchev–Trinajstić information content (AvgIpc) is 2.91. The van der Waals surface area contributed by atoms with Crippen LogP contribution in [0.4, 0.5) is 5.69 Å². The molecule has 2 aromatic carbocycles. The summed E-state index contributed by atoms with van der Waals surface area (Å²) in [6.45, 7) is 0. The van der Waals surface area contributed by atoms with Gasteiger partial charge in [-0.05, 0) is 29.0 Å². The van der Waals surface area contributed by atoms with Gasteiger partial charge in [-0.3, -0.25) is 9.89 Å². The van der Waals surface area contributed by atoms with Crippen LogP contribution in [0.1, 0.15) is 5.69 Å². The van der Waals surface area contributed by atoms with E-state index in [0.29, 0.717) is 6.42 Å². The number of hydrogen-bond donors (Lipinski definition) is 2. The van der Waals surface area contributed by atoms with Gasteiger partial charge in [0.25, 0.3) is 0 Å². The van der Waals surface area contributed by atoms with Gasteiger partial charge in [0.05, 0.1) is 6.42 Å². The zero-order valence-corrected chi connectivity index (χ0v) is 10.3. The molecule has 0 aliphatic heterocycles. The molecule has 3 rings (SSSR count). The van der Waals surface area contributed by atoms with Gasteiger partial charge in [-0.15, -0.1) is 0 Å². The molecule has 0 saturated heterocycles. The third-order valence-electron chi connectivity index (χ3n) is 2.94. The molecule has 0 atom stereocenters. The van der Waals surface area contributed by atoms with E-state index in [2.05, 4.69) is 15.5 Å². The molecule has 0 unspecified atom stereocenters. The fraction of sp³-hybridized carbons (Fsp3) is 0.0667. The Hall–Kier alpha value is -2.62. The zero-order chi connectivity index (χ0) is 13.1. The maximum absolute atomic E-state index is 11.9. The second-order valence-electron chi connectivity index (χ2n) is 4.37. The van der Waals surface area contributed by atoms with Crippen LogP contribution in [-0.2, 0) is 11.2 Å². The van der Waals surface area contributed by atoms with Crippen LogP contribution in [0.25, 0.3) is 10.8 Å². The van der Waals surface area contributed by atoms with Crippen LogP contribution in [0.2, 0.25) is 0 Å². The van der Waals surface area contributed by atoms with Gasteiger partial charge in [-0.25, -0.2) is 0 Å². The van der Waals surface area contributed by atoms with Gasteiger partial charge in [-0.2, -0.15) is 5.10 Å². The first-order valence-electron chi connectivity index (χ1n) is 6.08. The predicted octanol–water partition coefficient (Wildman–Crippen LogP) is 2.74. The van der Waals surface area contributed by atoms with Crippen molar-refractivity contribution in [3.63, 3.8) is 0 Å². The Labute approximate surface area is 110 Å². The molecular weight excluding hydrogens is 238 g/mol. The number of carbonyl (C=O) groups is 1. The van der Waals surface area contributed by atoms with Crippen molar-refractivity contribution in [2.75, 3.05) is 5.32 Å². The summed E-state index contributed by atoms with van der Waals surface area (Å²) >= 11 is 0. The van der Waals surface area contributed by atoms with Crippen LogP contribution in [0.15, 0.2) is 54.7 Å². The number of rotatable bonds is 3. The Balaban J connectivity index is 1.75. The number of aromatic amines is 1. The monoisotopic (exact) mass is 251 g/mol. The number of fused-ring (bicyclic) bond motifs is 1. The SMILES string of the molecule is O=C(Cc1ccn[nH]1)Nc1ccc2ccccc2c1.